The predicted molar refractivity (Wildman–Crippen MR) is 97.1 cm³/mol. The van der Waals surface area contributed by atoms with Gasteiger partial charge in [0.1, 0.15) is 5.75 Å². The van der Waals surface area contributed by atoms with Gasteiger partial charge in [-0.3, -0.25) is 4.79 Å². The standard InChI is InChI=1S/C21H17NO4/c1-13-10-14(2)12-16(11-13)19(23)18-4-3-9-22-20(18)26-17-7-5-15(6-8-17)21(24)25/h3-12H,1-2H3,(H,24,25). The fourth-order valence-corrected chi connectivity index (χ4v) is 2.68. The van der Waals surface area contributed by atoms with Crippen molar-refractivity contribution < 1.29 is 19.4 Å². The van der Waals surface area contributed by atoms with Crippen LogP contribution in [0, 0.1) is 13.8 Å². The minimum absolute atomic E-state index is 0.157. The Morgan fingerprint density at radius 1 is 0.923 bits per heavy atom. The van der Waals surface area contributed by atoms with E-state index in [0.717, 1.165) is 11.1 Å². The summed E-state index contributed by atoms with van der Waals surface area (Å²) < 4.78 is 5.72. The van der Waals surface area contributed by atoms with Gasteiger partial charge < -0.3 is 9.84 Å². The number of nitrogens with zero attached hydrogens (tertiary/aromatic N) is 1. The SMILES string of the molecule is Cc1cc(C)cc(C(=O)c2cccnc2Oc2ccc(C(=O)O)cc2)c1. The van der Waals surface area contributed by atoms with Gasteiger partial charge in [-0.1, -0.05) is 17.2 Å². The monoisotopic (exact) mass is 347 g/mol. The van der Waals surface area contributed by atoms with Crippen molar-refractivity contribution in [2.45, 2.75) is 13.8 Å². The fourth-order valence-electron chi connectivity index (χ4n) is 2.68. The van der Waals surface area contributed by atoms with Crippen molar-refractivity contribution >= 4 is 11.8 Å². The van der Waals surface area contributed by atoms with Gasteiger partial charge in [0.15, 0.2) is 5.78 Å². The Bertz CT molecular complexity index is 957. The summed E-state index contributed by atoms with van der Waals surface area (Å²) in [6.07, 6.45) is 1.54. The molecule has 2 aromatic carbocycles. The number of aryl methyl sites for hydroxylation is 2. The van der Waals surface area contributed by atoms with E-state index in [1.807, 2.05) is 32.0 Å². The van der Waals surface area contributed by atoms with Gasteiger partial charge in [-0.25, -0.2) is 9.78 Å². The van der Waals surface area contributed by atoms with E-state index in [1.54, 1.807) is 18.3 Å². The molecule has 1 heterocycles. The number of carboxylic acids is 1. The topological polar surface area (TPSA) is 76.5 Å². The van der Waals surface area contributed by atoms with Gasteiger partial charge in [-0.15, -0.1) is 0 Å². The molecule has 0 aliphatic rings. The molecule has 5 nitrogen and oxygen atoms in total. The van der Waals surface area contributed by atoms with Crippen molar-refractivity contribution in [3.05, 3.63) is 88.6 Å². The minimum atomic E-state index is -1.01. The van der Waals surface area contributed by atoms with E-state index in [2.05, 4.69) is 4.98 Å². The lowest BCUT2D eigenvalue weighted by atomic mass is 10.00. The average Bonchev–Trinajstić information content (AvgIpc) is 2.61. The zero-order chi connectivity index (χ0) is 18.7. The smallest absolute Gasteiger partial charge is 0.335 e. The van der Waals surface area contributed by atoms with Gasteiger partial charge in [0.2, 0.25) is 5.88 Å². The summed E-state index contributed by atoms with van der Waals surface area (Å²) in [5, 5.41) is 8.96. The van der Waals surface area contributed by atoms with Crippen LogP contribution in [0.25, 0.3) is 0 Å². The van der Waals surface area contributed by atoms with Crippen LogP contribution >= 0.6 is 0 Å². The Balaban J connectivity index is 1.92. The van der Waals surface area contributed by atoms with E-state index < -0.39 is 5.97 Å². The number of aromatic carboxylic acids is 1. The maximum atomic E-state index is 12.9. The quantitative estimate of drug-likeness (QED) is 0.691. The first-order valence-corrected chi connectivity index (χ1v) is 8.03. The lowest BCUT2D eigenvalue weighted by Crippen LogP contribution is -2.06. The Morgan fingerprint density at radius 2 is 1.58 bits per heavy atom. The van der Waals surface area contributed by atoms with Crippen LogP contribution in [0.15, 0.2) is 60.8 Å². The lowest BCUT2D eigenvalue weighted by molar-refractivity contribution is 0.0696. The summed E-state index contributed by atoms with van der Waals surface area (Å²) in [6, 6.07) is 14.9. The van der Waals surface area contributed by atoms with E-state index in [-0.39, 0.29) is 17.2 Å². The Kier molecular flexibility index (Phi) is 4.80. The molecule has 3 rings (SSSR count). The van der Waals surface area contributed by atoms with Crippen LogP contribution in [-0.4, -0.2) is 21.8 Å². The molecule has 0 radical (unpaired) electrons. The van der Waals surface area contributed by atoms with Gasteiger partial charge in [0, 0.05) is 11.8 Å². The van der Waals surface area contributed by atoms with Crippen LogP contribution in [-0.2, 0) is 0 Å². The molecule has 0 saturated carbocycles. The van der Waals surface area contributed by atoms with E-state index in [1.165, 1.54) is 24.3 Å². The summed E-state index contributed by atoms with van der Waals surface area (Å²) in [5.74, 6) is -0.606. The second kappa shape index (κ2) is 7.19. The number of ketones is 1. The number of rotatable bonds is 5. The molecular formula is C21H17NO4. The third kappa shape index (κ3) is 3.78. The van der Waals surface area contributed by atoms with Crippen molar-refractivity contribution in [3.8, 4) is 11.6 Å². The number of carboxylic acid groups (broad SMARTS) is 1. The summed E-state index contributed by atoms with van der Waals surface area (Å²) in [5.41, 5.74) is 3.08. The zero-order valence-corrected chi connectivity index (χ0v) is 14.4. The highest BCUT2D eigenvalue weighted by atomic mass is 16.5. The highest BCUT2D eigenvalue weighted by Gasteiger charge is 2.17. The molecule has 0 unspecified atom stereocenters. The molecule has 3 aromatic rings. The van der Waals surface area contributed by atoms with Crippen LogP contribution in [0.4, 0.5) is 0 Å². The number of aromatic nitrogens is 1. The number of carbonyl (C=O) groups is 2. The molecule has 0 amide bonds. The normalized spacial score (nSPS) is 10.4. The Labute approximate surface area is 150 Å². The second-order valence-corrected chi connectivity index (χ2v) is 5.99. The van der Waals surface area contributed by atoms with Crippen molar-refractivity contribution in [2.75, 3.05) is 0 Å². The molecule has 0 aliphatic heterocycles. The maximum Gasteiger partial charge on any atom is 0.335 e. The van der Waals surface area contributed by atoms with Crippen molar-refractivity contribution in [1.29, 1.82) is 0 Å². The minimum Gasteiger partial charge on any atom is -0.478 e. The zero-order valence-electron chi connectivity index (χ0n) is 14.4. The van der Waals surface area contributed by atoms with Gasteiger partial charge in [0.05, 0.1) is 11.1 Å². The number of pyridine rings is 1. The summed E-state index contributed by atoms with van der Waals surface area (Å²) in [7, 11) is 0. The number of carbonyl (C=O) groups excluding carboxylic acids is 1. The fraction of sp³-hybridized carbons (Fsp3) is 0.0952. The number of hydrogen-bond acceptors (Lipinski definition) is 4. The van der Waals surface area contributed by atoms with Crippen molar-refractivity contribution in [2.24, 2.45) is 0 Å². The molecule has 0 spiro atoms. The van der Waals surface area contributed by atoms with Crippen LogP contribution in [0.2, 0.25) is 0 Å². The second-order valence-electron chi connectivity index (χ2n) is 5.99. The van der Waals surface area contributed by atoms with Crippen LogP contribution in [0.3, 0.4) is 0 Å². The molecule has 26 heavy (non-hydrogen) atoms. The van der Waals surface area contributed by atoms with E-state index in [9.17, 15) is 9.59 Å². The molecule has 0 fully saturated rings. The third-order valence-electron chi connectivity index (χ3n) is 3.82. The summed E-state index contributed by atoms with van der Waals surface area (Å²) in [4.78, 5) is 28.0. The number of hydrogen-bond donors (Lipinski definition) is 1. The number of benzene rings is 2. The largest absolute Gasteiger partial charge is 0.478 e. The molecule has 1 aromatic heterocycles. The molecule has 0 atom stereocenters. The first kappa shape index (κ1) is 17.4. The van der Waals surface area contributed by atoms with Crippen molar-refractivity contribution in [1.82, 2.24) is 4.98 Å². The first-order valence-electron chi connectivity index (χ1n) is 8.03. The van der Waals surface area contributed by atoms with Gasteiger partial charge in [-0.05, 0) is 62.4 Å². The van der Waals surface area contributed by atoms with Crippen molar-refractivity contribution in [3.63, 3.8) is 0 Å². The molecule has 0 bridgehead atoms. The van der Waals surface area contributed by atoms with Crippen LogP contribution in [0.5, 0.6) is 11.6 Å². The van der Waals surface area contributed by atoms with E-state index >= 15 is 0 Å². The summed E-state index contributed by atoms with van der Waals surface area (Å²) in [6.45, 7) is 3.88. The first-order chi connectivity index (χ1) is 12.4. The van der Waals surface area contributed by atoms with Gasteiger partial charge >= 0.3 is 5.97 Å². The molecule has 5 heteroatoms. The van der Waals surface area contributed by atoms with Gasteiger partial charge in [0.25, 0.3) is 0 Å². The van der Waals surface area contributed by atoms with Crippen LogP contribution in [0.1, 0.15) is 37.4 Å². The molecular weight excluding hydrogens is 330 g/mol. The highest BCUT2D eigenvalue weighted by Crippen LogP contribution is 2.26. The Hall–Kier alpha value is -3.47. The van der Waals surface area contributed by atoms with E-state index in [4.69, 9.17) is 9.84 Å². The Morgan fingerprint density at radius 3 is 2.19 bits per heavy atom. The predicted octanol–water partition coefficient (Wildman–Crippen LogP) is 4.42. The summed E-state index contributed by atoms with van der Waals surface area (Å²) >= 11 is 0. The third-order valence-corrected chi connectivity index (χ3v) is 3.82. The van der Waals surface area contributed by atoms with E-state index in [0.29, 0.717) is 16.9 Å². The lowest BCUT2D eigenvalue weighted by Gasteiger charge is -2.10. The molecule has 0 saturated heterocycles. The van der Waals surface area contributed by atoms with Gasteiger partial charge in [-0.2, -0.15) is 0 Å². The molecule has 130 valence electrons. The van der Waals surface area contributed by atoms with Crippen LogP contribution < -0.4 is 4.74 Å². The average molecular weight is 347 g/mol. The number of ether oxygens (including phenoxy) is 1. The molecule has 1 N–H and O–H groups in total. The molecule has 0 aliphatic carbocycles. The highest BCUT2D eigenvalue weighted by molar-refractivity contribution is 6.10. The maximum absolute atomic E-state index is 12.9.